The Balaban J connectivity index is 1.41. The van der Waals surface area contributed by atoms with E-state index in [2.05, 4.69) is 25.6 Å². The third kappa shape index (κ3) is 5.44. The van der Waals surface area contributed by atoms with Gasteiger partial charge in [0.25, 0.3) is 0 Å². The highest BCUT2D eigenvalue weighted by Gasteiger charge is 2.51. The number of halogens is 4. The summed E-state index contributed by atoms with van der Waals surface area (Å²) in [6, 6.07) is 5.15. The molecule has 0 saturated heterocycles. The number of benzene rings is 1. The number of ketones is 1. The number of alkyl halides is 3. The first kappa shape index (κ1) is 24.2. The predicted octanol–water partition coefficient (Wildman–Crippen LogP) is 5.00. The first-order valence-electron chi connectivity index (χ1n) is 10.8. The van der Waals surface area contributed by atoms with Crippen molar-refractivity contribution in [2.24, 2.45) is 5.41 Å². The standard InChI is InChI=1S/C24H21F4N5O2/c1-14(32-22(35)23(7-8-23)9-20(34)15-10-29-13-30-11-15)19-6-5-16(12-31-19)33-21-17(24(26,27)28)3-2-4-18(21)25/h2-6,10-14,33H,7-9H2,1H3,(H,32,35). The monoisotopic (exact) mass is 487 g/mol. The smallest absolute Gasteiger partial charge is 0.351 e. The summed E-state index contributed by atoms with van der Waals surface area (Å²) in [5, 5.41) is 5.28. The van der Waals surface area contributed by atoms with Gasteiger partial charge in [0.2, 0.25) is 5.91 Å². The summed E-state index contributed by atoms with van der Waals surface area (Å²) in [5.74, 6) is -1.54. The average Bonchev–Trinajstić information content (AvgIpc) is 3.61. The molecule has 2 aromatic heterocycles. The molecule has 4 rings (SSSR count). The first-order valence-corrected chi connectivity index (χ1v) is 10.8. The summed E-state index contributed by atoms with van der Waals surface area (Å²) in [5.41, 5.74) is -1.67. The number of carbonyl (C=O) groups is 2. The number of hydrogen-bond donors (Lipinski definition) is 2. The molecule has 7 nitrogen and oxygen atoms in total. The predicted molar refractivity (Wildman–Crippen MR) is 118 cm³/mol. The van der Waals surface area contributed by atoms with Gasteiger partial charge in [-0.25, -0.2) is 14.4 Å². The molecule has 1 amide bonds. The van der Waals surface area contributed by atoms with Gasteiger partial charge >= 0.3 is 6.18 Å². The minimum atomic E-state index is -4.73. The van der Waals surface area contributed by atoms with Crippen LogP contribution in [0.3, 0.4) is 0 Å². The van der Waals surface area contributed by atoms with Gasteiger partial charge in [0.05, 0.1) is 45.8 Å². The summed E-state index contributed by atoms with van der Waals surface area (Å²) in [6.45, 7) is 1.70. The Labute approximate surface area is 198 Å². The van der Waals surface area contributed by atoms with E-state index in [0.29, 0.717) is 24.1 Å². The number of anilines is 2. The molecule has 1 unspecified atom stereocenters. The molecule has 1 atom stereocenters. The van der Waals surface area contributed by atoms with Crippen LogP contribution < -0.4 is 10.6 Å². The van der Waals surface area contributed by atoms with Crippen LogP contribution in [0.15, 0.2) is 55.2 Å². The quantitative estimate of drug-likeness (QED) is 0.343. The number of para-hydroxylation sites is 1. The molecule has 2 N–H and O–H groups in total. The zero-order valence-electron chi connectivity index (χ0n) is 18.6. The van der Waals surface area contributed by atoms with Crippen molar-refractivity contribution in [1.29, 1.82) is 0 Å². The van der Waals surface area contributed by atoms with E-state index in [1.54, 1.807) is 6.92 Å². The molecule has 0 aliphatic heterocycles. The lowest BCUT2D eigenvalue weighted by molar-refractivity contribution is -0.137. The molecule has 35 heavy (non-hydrogen) atoms. The number of pyridine rings is 1. The van der Waals surface area contributed by atoms with Gasteiger partial charge in [0.1, 0.15) is 12.1 Å². The molecule has 1 aliphatic rings. The summed E-state index contributed by atoms with van der Waals surface area (Å²) in [7, 11) is 0. The van der Waals surface area contributed by atoms with Gasteiger partial charge in [-0.1, -0.05) is 6.07 Å². The van der Waals surface area contributed by atoms with Gasteiger partial charge < -0.3 is 10.6 Å². The number of carbonyl (C=O) groups excluding carboxylic acids is 2. The van der Waals surface area contributed by atoms with Crippen LogP contribution in [0.25, 0.3) is 0 Å². The zero-order chi connectivity index (χ0) is 25.2. The van der Waals surface area contributed by atoms with Crippen LogP contribution in [0.5, 0.6) is 0 Å². The van der Waals surface area contributed by atoms with Crippen molar-refractivity contribution >= 4 is 23.1 Å². The van der Waals surface area contributed by atoms with Crippen LogP contribution in [0.1, 0.15) is 53.8 Å². The molecular weight excluding hydrogens is 466 g/mol. The van der Waals surface area contributed by atoms with E-state index in [0.717, 1.165) is 18.2 Å². The number of nitrogens with zero attached hydrogens (tertiary/aromatic N) is 3. The van der Waals surface area contributed by atoms with Crippen LogP contribution >= 0.6 is 0 Å². The Hall–Kier alpha value is -3.89. The molecule has 0 spiro atoms. The lowest BCUT2D eigenvalue weighted by atomic mass is 9.95. The Morgan fingerprint density at radius 1 is 1.09 bits per heavy atom. The average molecular weight is 487 g/mol. The van der Waals surface area contributed by atoms with Gasteiger partial charge in [-0.15, -0.1) is 0 Å². The molecule has 0 bridgehead atoms. The number of hydrogen-bond acceptors (Lipinski definition) is 6. The second-order valence-electron chi connectivity index (χ2n) is 8.46. The van der Waals surface area contributed by atoms with Crippen molar-refractivity contribution < 1.29 is 27.2 Å². The number of amides is 1. The topological polar surface area (TPSA) is 96.9 Å². The summed E-state index contributed by atoms with van der Waals surface area (Å²) in [6.07, 6.45) is 1.85. The lowest BCUT2D eigenvalue weighted by Crippen LogP contribution is -2.35. The maximum atomic E-state index is 14.1. The van der Waals surface area contributed by atoms with E-state index in [-0.39, 0.29) is 23.8 Å². The number of aromatic nitrogens is 3. The molecule has 3 aromatic rings. The van der Waals surface area contributed by atoms with Gasteiger partial charge in [0.15, 0.2) is 5.78 Å². The number of rotatable bonds is 8. The van der Waals surface area contributed by atoms with Gasteiger partial charge in [0, 0.05) is 18.8 Å². The fourth-order valence-electron chi connectivity index (χ4n) is 3.68. The van der Waals surface area contributed by atoms with E-state index in [9.17, 15) is 27.2 Å². The third-order valence-corrected chi connectivity index (χ3v) is 5.88. The Kier molecular flexibility index (Phi) is 6.51. The van der Waals surface area contributed by atoms with E-state index in [1.165, 1.54) is 37.1 Å². The Morgan fingerprint density at radius 3 is 2.40 bits per heavy atom. The molecular formula is C24H21F4N5O2. The fraction of sp³-hybridized carbons (Fsp3) is 0.292. The van der Waals surface area contributed by atoms with Crippen LogP contribution in [-0.4, -0.2) is 26.6 Å². The number of nitrogens with one attached hydrogen (secondary N) is 2. The first-order chi connectivity index (χ1) is 16.6. The minimum absolute atomic E-state index is 0.0411. The number of Topliss-reactive ketones (excluding diaryl/α,β-unsaturated/α-hetero) is 1. The Bertz CT molecular complexity index is 1230. The van der Waals surface area contributed by atoms with E-state index in [4.69, 9.17) is 0 Å². The van der Waals surface area contributed by atoms with Gasteiger partial charge in [-0.05, 0) is 44.0 Å². The van der Waals surface area contributed by atoms with Crippen LogP contribution in [-0.2, 0) is 11.0 Å². The van der Waals surface area contributed by atoms with Crippen LogP contribution in [0.2, 0.25) is 0 Å². The maximum absolute atomic E-state index is 14.1. The lowest BCUT2D eigenvalue weighted by Gasteiger charge is -2.19. The SMILES string of the molecule is CC(NC(=O)C1(CC(=O)c2cncnc2)CC1)c1ccc(Nc2c(F)cccc2C(F)(F)F)cn1. The maximum Gasteiger partial charge on any atom is 0.418 e. The molecule has 2 heterocycles. The summed E-state index contributed by atoms with van der Waals surface area (Å²) < 4.78 is 53.7. The molecule has 1 aromatic carbocycles. The van der Waals surface area contributed by atoms with Crippen molar-refractivity contribution in [2.75, 3.05) is 5.32 Å². The fourth-order valence-corrected chi connectivity index (χ4v) is 3.68. The van der Waals surface area contributed by atoms with Crippen molar-refractivity contribution in [3.05, 3.63) is 77.9 Å². The largest absolute Gasteiger partial charge is 0.418 e. The highest BCUT2D eigenvalue weighted by atomic mass is 19.4. The second-order valence-corrected chi connectivity index (χ2v) is 8.46. The minimum Gasteiger partial charge on any atom is -0.351 e. The van der Waals surface area contributed by atoms with E-state index >= 15 is 0 Å². The molecule has 1 saturated carbocycles. The van der Waals surface area contributed by atoms with Crippen molar-refractivity contribution in [3.63, 3.8) is 0 Å². The molecule has 182 valence electrons. The van der Waals surface area contributed by atoms with E-state index in [1.807, 2.05) is 0 Å². The zero-order valence-corrected chi connectivity index (χ0v) is 18.6. The third-order valence-electron chi connectivity index (χ3n) is 5.88. The second kappa shape index (κ2) is 9.40. The highest BCUT2D eigenvalue weighted by molar-refractivity contribution is 6.00. The summed E-state index contributed by atoms with van der Waals surface area (Å²) in [4.78, 5) is 37.2. The van der Waals surface area contributed by atoms with Crippen molar-refractivity contribution in [3.8, 4) is 0 Å². The molecule has 11 heteroatoms. The van der Waals surface area contributed by atoms with Crippen molar-refractivity contribution in [1.82, 2.24) is 20.3 Å². The normalized spacial score (nSPS) is 15.2. The van der Waals surface area contributed by atoms with Gasteiger partial charge in [-0.2, -0.15) is 13.2 Å². The van der Waals surface area contributed by atoms with Crippen LogP contribution in [0.4, 0.5) is 28.9 Å². The molecule has 1 fully saturated rings. The van der Waals surface area contributed by atoms with E-state index < -0.39 is 34.7 Å². The molecule has 1 aliphatic carbocycles. The van der Waals surface area contributed by atoms with Crippen LogP contribution in [0, 0.1) is 11.2 Å². The Morgan fingerprint density at radius 2 is 1.80 bits per heavy atom. The van der Waals surface area contributed by atoms with Gasteiger partial charge in [-0.3, -0.25) is 14.6 Å². The van der Waals surface area contributed by atoms with Crippen molar-refractivity contribution in [2.45, 2.75) is 38.4 Å². The summed E-state index contributed by atoms with van der Waals surface area (Å²) >= 11 is 0. The molecule has 0 radical (unpaired) electrons. The highest BCUT2D eigenvalue weighted by Crippen LogP contribution is 2.50.